The van der Waals surface area contributed by atoms with Gasteiger partial charge in [0.1, 0.15) is 35.9 Å². The maximum absolute atomic E-state index is 14.1. The standard InChI is InChI=1S/C22H11ClF6N2O2/c23-17-2-1-13(24)8-20(17)33-10-16-15(9-30)18(26)3-4-19(16)31-21(32)11-5-12(22(27,28)29)7-14(25)6-11/h1-8H,10H2,(H,31,32). The highest BCUT2D eigenvalue weighted by Gasteiger charge is 2.32. The highest BCUT2D eigenvalue weighted by Crippen LogP contribution is 2.32. The number of carbonyl (C=O) groups excluding carboxylic acids is 1. The van der Waals surface area contributed by atoms with E-state index in [-0.39, 0.29) is 28.1 Å². The van der Waals surface area contributed by atoms with Crippen molar-refractivity contribution >= 4 is 23.2 Å². The van der Waals surface area contributed by atoms with Gasteiger partial charge < -0.3 is 10.1 Å². The molecule has 0 fully saturated rings. The van der Waals surface area contributed by atoms with Crippen LogP contribution >= 0.6 is 11.6 Å². The minimum atomic E-state index is -4.90. The molecule has 0 saturated heterocycles. The van der Waals surface area contributed by atoms with Gasteiger partial charge in [0.25, 0.3) is 5.91 Å². The Morgan fingerprint density at radius 2 is 1.76 bits per heavy atom. The fourth-order valence-electron chi connectivity index (χ4n) is 2.82. The second kappa shape index (κ2) is 9.42. The van der Waals surface area contributed by atoms with Crippen molar-refractivity contribution < 1.29 is 35.9 Å². The number of rotatable bonds is 5. The van der Waals surface area contributed by atoms with Crippen LogP contribution in [0, 0.1) is 28.8 Å². The third-order valence-electron chi connectivity index (χ3n) is 4.37. The van der Waals surface area contributed by atoms with Gasteiger partial charge >= 0.3 is 6.18 Å². The van der Waals surface area contributed by atoms with Crippen LogP contribution in [-0.4, -0.2) is 5.91 Å². The van der Waals surface area contributed by atoms with Gasteiger partial charge in [0, 0.05) is 22.9 Å². The number of nitrogens with zero attached hydrogens (tertiary/aromatic N) is 1. The summed E-state index contributed by atoms with van der Waals surface area (Å²) in [6, 6.07) is 7.95. The highest BCUT2D eigenvalue weighted by atomic mass is 35.5. The predicted molar refractivity (Wildman–Crippen MR) is 106 cm³/mol. The van der Waals surface area contributed by atoms with Crippen LogP contribution in [0.5, 0.6) is 5.75 Å². The monoisotopic (exact) mass is 484 g/mol. The van der Waals surface area contributed by atoms with Crippen LogP contribution in [0.1, 0.15) is 27.0 Å². The largest absolute Gasteiger partial charge is 0.487 e. The smallest absolute Gasteiger partial charge is 0.416 e. The van der Waals surface area contributed by atoms with Crippen LogP contribution in [0.3, 0.4) is 0 Å². The van der Waals surface area contributed by atoms with Gasteiger partial charge in [0.2, 0.25) is 0 Å². The minimum Gasteiger partial charge on any atom is -0.487 e. The molecule has 0 aromatic heterocycles. The van der Waals surface area contributed by atoms with Crippen LogP contribution < -0.4 is 10.1 Å². The average molecular weight is 485 g/mol. The number of carbonyl (C=O) groups is 1. The quantitative estimate of drug-likeness (QED) is 0.422. The molecule has 0 aliphatic heterocycles. The molecule has 3 rings (SSSR count). The van der Waals surface area contributed by atoms with Crippen molar-refractivity contribution in [2.75, 3.05) is 5.32 Å². The zero-order chi connectivity index (χ0) is 24.3. The van der Waals surface area contributed by atoms with Crippen LogP contribution in [-0.2, 0) is 12.8 Å². The Morgan fingerprint density at radius 3 is 2.42 bits per heavy atom. The maximum atomic E-state index is 14.1. The first-order valence-corrected chi connectivity index (χ1v) is 9.36. The Balaban J connectivity index is 1.95. The molecule has 0 heterocycles. The first kappa shape index (κ1) is 23.9. The molecule has 33 heavy (non-hydrogen) atoms. The topological polar surface area (TPSA) is 62.1 Å². The third kappa shape index (κ3) is 5.56. The first-order chi connectivity index (χ1) is 15.5. The summed E-state index contributed by atoms with van der Waals surface area (Å²) in [6.07, 6.45) is -4.90. The number of hydrogen-bond donors (Lipinski definition) is 1. The Labute approximate surface area is 188 Å². The van der Waals surface area contributed by atoms with Crippen molar-refractivity contribution in [2.24, 2.45) is 0 Å². The second-order valence-electron chi connectivity index (χ2n) is 6.60. The molecule has 1 N–H and O–H groups in total. The summed E-state index contributed by atoms with van der Waals surface area (Å²) < 4.78 is 85.4. The normalized spacial score (nSPS) is 11.1. The number of anilines is 1. The summed E-state index contributed by atoms with van der Waals surface area (Å²) in [7, 11) is 0. The maximum Gasteiger partial charge on any atom is 0.416 e. The second-order valence-corrected chi connectivity index (χ2v) is 7.01. The molecule has 3 aromatic carbocycles. The molecule has 1 amide bonds. The van der Waals surface area contributed by atoms with E-state index in [1.165, 1.54) is 6.07 Å². The van der Waals surface area contributed by atoms with Crippen molar-refractivity contribution in [1.29, 1.82) is 5.26 Å². The van der Waals surface area contributed by atoms with Gasteiger partial charge in [-0.05, 0) is 42.5 Å². The summed E-state index contributed by atoms with van der Waals surface area (Å²) >= 11 is 5.91. The Morgan fingerprint density at radius 1 is 1.03 bits per heavy atom. The molecule has 0 aliphatic rings. The Hall–Kier alpha value is -3.71. The van der Waals surface area contributed by atoms with E-state index >= 15 is 0 Å². The van der Waals surface area contributed by atoms with Crippen molar-refractivity contribution in [1.82, 2.24) is 0 Å². The zero-order valence-corrected chi connectivity index (χ0v) is 17.0. The van der Waals surface area contributed by atoms with Crippen LogP contribution in [0.25, 0.3) is 0 Å². The van der Waals surface area contributed by atoms with Gasteiger partial charge in [-0.1, -0.05) is 11.6 Å². The fraction of sp³-hybridized carbons (Fsp3) is 0.0909. The van der Waals surface area contributed by atoms with Gasteiger partial charge in [-0.25, -0.2) is 13.2 Å². The van der Waals surface area contributed by atoms with E-state index in [1.807, 2.05) is 0 Å². The molecule has 11 heteroatoms. The lowest BCUT2D eigenvalue weighted by molar-refractivity contribution is -0.137. The van der Waals surface area contributed by atoms with Crippen LogP contribution in [0.2, 0.25) is 5.02 Å². The van der Waals surface area contributed by atoms with Crippen LogP contribution in [0.4, 0.5) is 32.0 Å². The number of ether oxygens (including phenoxy) is 1. The molecule has 0 atom stereocenters. The number of benzene rings is 3. The van der Waals surface area contributed by atoms with E-state index in [2.05, 4.69) is 5.32 Å². The lowest BCUT2D eigenvalue weighted by Crippen LogP contribution is -2.17. The van der Waals surface area contributed by atoms with Crippen molar-refractivity contribution in [3.8, 4) is 11.8 Å². The van der Waals surface area contributed by atoms with Gasteiger partial charge in [-0.3, -0.25) is 4.79 Å². The number of alkyl halides is 3. The molecule has 0 spiro atoms. The third-order valence-corrected chi connectivity index (χ3v) is 4.69. The molecule has 0 saturated carbocycles. The van der Waals surface area contributed by atoms with Gasteiger partial charge in [-0.15, -0.1) is 0 Å². The SMILES string of the molecule is N#Cc1c(F)ccc(NC(=O)c2cc(F)cc(C(F)(F)F)c2)c1COc1cc(F)ccc1Cl. The minimum absolute atomic E-state index is 0.0105. The highest BCUT2D eigenvalue weighted by molar-refractivity contribution is 6.32. The van der Waals surface area contributed by atoms with E-state index in [0.717, 1.165) is 24.3 Å². The van der Waals surface area contributed by atoms with Crippen molar-refractivity contribution in [2.45, 2.75) is 12.8 Å². The number of halogens is 7. The fourth-order valence-corrected chi connectivity index (χ4v) is 3.00. The zero-order valence-electron chi connectivity index (χ0n) is 16.2. The molecule has 3 aromatic rings. The van der Waals surface area contributed by atoms with Gasteiger partial charge in [0.15, 0.2) is 0 Å². The lowest BCUT2D eigenvalue weighted by atomic mass is 10.0. The summed E-state index contributed by atoms with van der Waals surface area (Å²) in [6.45, 7) is -0.559. The number of nitrogens with one attached hydrogen (secondary N) is 1. The Bertz CT molecular complexity index is 1270. The summed E-state index contributed by atoms with van der Waals surface area (Å²) in [4.78, 5) is 12.5. The first-order valence-electron chi connectivity index (χ1n) is 8.98. The summed E-state index contributed by atoms with van der Waals surface area (Å²) in [5.41, 5.74) is -2.96. The van der Waals surface area contributed by atoms with Crippen molar-refractivity contribution in [3.63, 3.8) is 0 Å². The molecule has 0 radical (unpaired) electrons. The number of nitriles is 1. The molecule has 0 bridgehead atoms. The van der Waals surface area contributed by atoms with Crippen molar-refractivity contribution in [3.05, 3.63) is 93.3 Å². The van der Waals surface area contributed by atoms with Gasteiger partial charge in [-0.2, -0.15) is 18.4 Å². The predicted octanol–water partition coefficient (Wildman–Crippen LogP) is 6.48. The van der Waals surface area contributed by atoms with Gasteiger partial charge in [0.05, 0.1) is 16.1 Å². The van der Waals surface area contributed by atoms with Crippen LogP contribution in [0.15, 0.2) is 48.5 Å². The van der Waals surface area contributed by atoms with E-state index in [9.17, 15) is 36.4 Å². The average Bonchev–Trinajstić information content (AvgIpc) is 2.74. The van der Waals surface area contributed by atoms with E-state index in [1.54, 1.807) is 6.07 Å². The number of hydrogen-bond acceptors (Lipinski definition) is 3. The molecular weight excluding hydrogens is 474 g/mol. The lowest BCUT2D eigenvalue weighted by Gasteiger charge is -2.15. The van der Waals surface area contributed by atoms with E-state index in [4.69, 9.17) is 16.3 Å². The molecule has 4 nitrogen and oxygen atoms in total. The molecule has 170 valence electrons. The molecular formula is C22H11ClF6N2O2. The summed E-state index contributed by atoms with van der Waals surface area (Å²) in [5.74, 6) is -4.24. The van der Waals surface area contributed by atoms with E-state index in [0.29, 0.717) is 12.1 Å². The molecule has 0 unspecified atom stereocenters. The van der Waals surface area contributed by atoms with E-state index < -0.39 is 52.8 Å². The Kier molecular flexibility index (Phi) is 6.84. The number of amides is 1. The summed E-state index contributed by atoms with van der Waals surface area (Å²) in [5, 5.41) is 11.5. The molecule has 0 aliphatic carbocycles.